The molecular weight excluding hydrogens is 378 g/mol. The Morgan fingerprint density at radius 1 is 1.25 bits per heavy atom. The van der Waals surface area contributed by atoms with Gasteiger partial charge in [0.15, 0.2) is 5.78 Å². The Morgan fingerprint density at radius 2 is 1.96 bits per heavy atom. The van der Waals surface area contributed by atoms with Gasteiger partial charge < -0.3 is 14.4 Å². The number of likely N-dealkylation sites (tertiary alicyclic amines) is 1. The number of carbonyl (C=O) groups excluding carboxylic acids is 3. The summed E-state index contributed by atoms with van der Waals surface area (Å²) >= 11 is 3.11. The molecule has 0 aromatic heterocycles. The number of esters is 1. The van der Waals surface area contributed by atoms with Gasteiger partial charge in [-0.1, -0.05) is 46.3 Å². The van der Waals surface area contributed by atoms with Gasteiger partial charge in [-0.25, -0.2) is 4.79 Å². The van der Waals surface area contributed by atoms with Crippen molar-refractivity contribution in [3.63, 3.8) is 0 Å². The van der Waals surface area contributed by atoms with Crippen LogP contribution in [0.3, 0.4) is 0 Å². The van der Waals surface area contributed by atoms with E-state index in [1.54, 1.807) is 0 Å². The molecule has 0 spiro atoms. The number of Topliss-reactive ketones (excluding diaryl/α,β-unsaturated/α-hetero) is 1. The first-order valence-corrected chi connectivity index (χ1v) is 8.79. The number of hydrogen-bond acceptors (Lipinski definition) is 5. The van der Waals surface area contributed by atoms with Crippen LogP contribution in [0.25, 0.3) is 0 Å². The zero-order chi connectivity index (χ0) is 17.6. The number of piperidine rings is 1. The average molecular weight is 398 g/mol. The zero-order valence-corrected chi connectivity index (χ0v) is 15.1. The van der Waals surface area contributed by atoms with Crippen molar-refractivity contribution >= 4 is 33.8 Å². The summed E-state index contributed by atoms with van der Waals surface area (Å²) < 4.78 is 10.1. The molecule has 0 bridgehead atoms. The number of methoxy groups -OCH3 is 1. The van der Waals surface area contributed by atoms with Crippen molar-refractivity contribution in [1.82, 2.24) is 4.90 Å². The van der Waals surface area contributed by atoms with Gasteiger partial charge >= 0.3 is 12.1 Å². The Bertz CT molecular complexity index is 588. The summed E-state index contributed by atoms with van der Waals surface area (Å²) in [6.45, 7) is 0.577. The summed E-state index contributed by atoms with van der Waals surface area (Å²) in [4.78, 5) is 38.2. The van der Waals surface area contributed by atoms with Crippen molar-refractivity contribution in [2.75, 3.05) is 25.5 Å². The lowest BCUT2D eigenvalue weighted by Crippen LogP contribution is -2.54. The van der Waals surface area contributed by atoms with Crippen molar-refractivity contribution in [3.8, 4) is 0 Å². The van der Waals surface area contributed by atoms with Crippen LogP contribution >= 0.6 is 15.9 Å². The predicted octanol–water partition coefficient (Wildman–Crippen LogP) is 2.54. The highest BCUT2D eigenvalue weighted by Gasteiger charge is 2.50. The Balaban J connectivity index is 2.06. The maximum absolute atomic E-state index is 12.3. The van der Waals surface area contributed by atoms with Gasteiger partial charge in [0.2, 0.25) is 0 Å². The molecule has 0 N–H and O–H groups in total. The van der Waals surface area contributed by atoms with Crippen molar-refractivity contribution < 1.29 is 23.9 Å². The highest BCUT2D eigenvalue weighted by atomic mass is 79.9. The van der Waals surface area contributed by atoms with Crippen molar-refractivity contribution in [2.24, 2.45) is 5.41 Å². The van der Waals surface area contributed by atoms with Crippen LogP contribution in [-0.4, -0.2) is 48.3 Å². The number of nitrogens with zero attached hydrogens (tertiary/aromatic N) is 1. The number of carbonyl (C=O) groups is 3. The smallest absolute Gasteiger partial charge is 0.410 e. The number of ether oxygens (including phenoxy) is 2. The van der Waals surface area contributed by atoms with E-state index in [-0.39, 0.29) is 24.3 Å². The minimum Gasteiger partial charge on any atom is -0.468 e. The van der Waals surface area contributed by atoms with Crippen LogP contribution in [-0.2, 0) is 25.7 Å². The lowest BCUT2D eigenvalue weighted by Gasteiger charge is -2.38. The van der Waals surface area contributed by atoms with Crippen molar-refractivity contribution in [3.05, 3.63) is 35.9 Å². The topological polar surface area (TPSA) is 72.9 Å². The maximum atomic E-state index is 12.3. The second-order valence-corrected chi connectivity index (χ2v) is 6.26. The molecule has 1 aromatic rings. The zero-order valence-electron chi connectivity index (χ0n) is 13.5. The molecule has 1 saturated heterocycles. The lowest BCUT2D eigenvalue weighted by molar-refractivity contribution is -0.160. The van der Waals surface area contributed by atoms with Crippen molar-refractivity contribution in [1.29, 1.82) is 0 Å². The molecule has 0 saturated carbocycles. The summed E-state index contributed by atoms with van der Waals surface area (Å²) in [5.41, 5.74) is -0.443. The standard InChI is InChI=1S/C17H20BrNO5/c1-23-15(21)17(14(20)10-18)8-5-9-19(12-17)16(22)24-11-13-6-3-2-4-7-13/h2-4,6-7H,5,8-12H2,1H3. The number of benzene rings is 1. The van der Waals surface area contributed by atoms with Gasteiger partial charge in [0.25, 0.3) is 0 Å². The van der Waals surface area contributed by atoms with Crippen LogP contribution in [0, 0.1) is 5.41 Å². The average Bonchev–Trinajstić information content (AvgIpc) is 2.65. The molecule has 6 nitrogen and oxygen atoms in total. The van der Waals surface area contributed by atoms with Crippen LogP contribution in [0.2, 0.25) is 0 Å². The SMILES string of the molecule is COC(=O)C1(C(=O)CBr)CCCN(C(=O)OCc2ccccc2)C1. The van der Waals surface area contributed by atoms with Crippen LogP contribution in [0.4, 0.5) is 4.79 Å². The van der Waals surface area contributed by atoms with E-state index in [9.17, 15) is 14.4 Å². The highest BCUT2D eigenvalue weighted by molar-refractivity contribution is 9.09. The van der Waals surface area contributed by atoms with Crippen molar-refractivity contribution in [2.45, 2.75) is 19.4 Å². The molecule has 1 heterocycles. The molecule has 2 rings (SSSR count). The molecule has 24 heavy (non-hydrogen) atoms. The highest BCUT2D eigenvalue weighted by Crippen LogP contribution is 2.33. The van der Waals surface area contributed by atoms with E-state index in [0.29, 0.717) is 19.4 Å². The van der Waals surface area contributed by atoms with Gasteiger partial charge in [0, 0.05) is 13.1 Å². The Hall–Kier alpha value is -1.89. The number of halogens is 1. The summed E-state index contributed by atoms with van der Waals surface area (Å²) in [6, 6.07) is 9.32. The fourth-order valence-electron chi connectivity index (χ4n) is 2.85. The van der Waals surface area contributed by atoms with Gasteiger partial charge in [-0.2, -0.15) is 0 Å². The van der Waals surface area contributed by atoms with E-state index in [2.05, 4.69) is 15.9 Å². The molecule has 7 heteroatoms. The maximum Gasteiger partial charge on any atom is 0.410 e. The molecule has 1 fully saturated rings. The van der Waals surface area contributed by atoms with Gasteiger partial charge in [-0.15, -0.1) is 0 Å². The first-order valence-electron chi connectivity index (χ1n) is 7.67. The van der Waals surface area contributed by atoms with Crippen LogP contribution in [0.15, 0.2) is 30.3 Å². The van der Waals surface area contributed by atoms with E-state index in [4.69, 9.17) is 9.47 Å². The second-order valence-electron chi connectivity index (χ2n) is 5.70. The fourth-order valence-corrected chi connectivity index (χ4v) is 3.39. The van der Waals surface area contributed by atoms with Crippen LogP contribution in [0.1, 0.15) is 18.4 Å². The molecule has 1 atom stereocenters. The van der Waals surface area contributed by atoms with Crippen LogP contribution < -0.4 is 0 Å². The van der Waals surface area contributed by atoms with Crippen LogP contribution in [0.5, 0.6) is 0 Å². The third kappa shape index (κ3) is 3.95. The third-order valence-corrected chi connectivity index (χ3v) is 4.70. The van der Waals surface area contributed by atoms with Gasteiger partial charge in [0.1, 0.15) is 12.0 Å². The monoisotopic (exact) mass is 397 g/mol. The predicted molar refractivity (Wildman–Crippen MR) is 90.7 cm³/mol. The lowest BCUT2D eigenvalue weighted by atomic mass is 9.76. The Labute approximate surface area is 149 Å². The molecule has 1 aliphatic rings. The summed E-state index contributed by atoms with van der Waals surface area (Å²) in [5.74, 6) is -0.887. The molecule has 1 unspecified atom stereocenters. The number of amides is 1. The number of rotatable bonds is 5. The minimum absolute atomic E-state index is 0.0161. The quantitative estimate of drug-likeness (QED) is 0.433. The molecule has 1 amide bonds. The van der Waals surface area contributed by atoms with Gasteiger partial charge in [-0.3, -0.25) is 9.59 Å². The molecule has 1 aliphatic heterocycles. The van der Waals surface area contributed by atoms with Gasteiger partial charge in [0.05, 0.1) is 12.4 Å². The largest absolute Gasteiger partial charge is 0.468 e. The van der Waals surface area contributed by atoms with E-state index >= 15 is 0 Å². The van der Waals surface area contributed by atoms with E-state index < -0.39 is 17.5 Å². The van der Waals surface area contributed by atoms with E-state index in [1.807, 2.05) is 30.3 Å². The first-order chi connectivity index (χ1) is 11.5. The summed E-state index contributed by atoms with van der Waals surface area (Å²) in [7, 11) is 1.25. The number of alkyl halides is 1. The summed E-state index contributed by atoms with van der Waals surface area (Å²) in [5, 5.41) is 0.0367. The number of ketones is 1. The third-order valence-electron chi connectivity index (χ3n) is 4.19. The normalized spacial score (nSPS) is 20.3. The Morgan fingerprint density at radius 3 is 2.58 bits per heavy atom. The fraction of sp³-hybridized carbons (Fsp3) is 0.471. The number of hydrogen-bond donors (Lipinski definition) is 0. The first kappa shape index (κ1) is 18.4. The molecule has 130 valence electrons. The van der Waals surface area contributed by atoms with Gasteiger partial charge in [-0.05, 0) is 18.4 Å². The second kappa shape index (κ2) is 8.28. The molecular formula is C17H20BrNO5. The Kier molecular flexibility index (Phi) is 6.36. The van der Waals surface area contributed by atoms with E-state index in [0.717, 1.165) is 5.56 Å². The molecule has 0 radical (unpaired) electrons. The molecule has 1 aromatic carbocycles. The van der Waals surface area contributed by atoms with E-state index in [1.165, 1.54) is 12.0 Å². The summed E-state index contributed by atoms with van der Waals surface area (Å²) in [6.07, 6.45) is 0.370. The minimum atomic E-state index is -1.32. The molecule has 0 aliphatic carbocycles.